The second kappa shape index (κ2) is 15.8. The summed E-state index contributed by atoms with van der Waals surface area (Å²) in [6, 6.07) is 19.6. The number of carboxylic acid groups (broad SMARTS) is 1. The fraction of sp³-hybridized carbons (Fsp3) is 0.257. The number of methoxy groups -OCH3 is 1. The van der Waals surface area contributed by atoms with Crippen LogP contribution >= 0.6 is 0 Å². The molecule has 0 aliphatic rings. The zero-order chi connectivity index (χ0) is 35.0. The third-order valence-electron chi connectivity index (χ3n) is 7.31. The SMILES string of the molecule is CC(N)C(=O)O.COc1ccc2c(Oc3ccc(NC(=O)c4c(C)n(CCCN(C)C)n(-c5ccccc5)c4=O)cc3F)ccnc2c1. The van der Waals surface area contributed by atoms with Gasteiger partial charge in [-0.2, -0.15) is 0 Å². The Balaban J connectivity index is 0.000000794. The van der Waals surface area contributed by atoms with Crippen molar-refractivity contribution in [2.24, 2.45) is 5.73 Å². The zero-order valence-corrected chi connectivity index (χ0v) is 27.4. The number of para-hydroxylation sites is 1. The summed E-state index contributed by atoms with van der Waals surface area (Å²) >= 11 is 0. The number of aliphatic carboxylic acids is 1. The number of ether oxygens (including phenoxy) is 2. The molecule has 0 bridgehead atoms. The van der Waals surface area contributed by atoms with Gasteiger partial charge in [0.05, 0.1) is 24.0 Å². The van der Waals surface area contributed by atoms with Gasteiger partial charge in [0.25, 0.3) is 11.5 Å². The van der Waals surface area contributed by atoms with E-state index in [0.29, 0.717) is 40.3 Å². The van der Waals surface area contributed by atoms with Crippen LogP contribution in [0.5, 0.6) is 17.2 Å². The van der Waals surface area contributed by atoms with Crippen LogP contribution in [0.2, 0.25) is 0 Å². The van der Waals surface area contributed by atoms with Gasteiger partial charge in [0, 0.05) is 35.9 Å². The highest BCUT2D eigenvalue weighted by atomic mass is 19.1. The number of halogens is 1. The van der Waals surface area contributed by atoms with Gasteiger partial charge in [-0.3, -0.25) is 24.0 Å². The molecule has 0 aliphatic heterocycles. The molecule has 12 nitrogen and oxygen atoms in total. The van der Waals surface area contributed by atoms with Crippen molar-refractivity contribution >= 4 is 28.5 Å². The molecular weight excluding hydrogens is 619 g/mol. The second-order valence-corrected chi connectivity index (χ2v) is 11.2. The molecular formula is C35H39FN6O6. The number of nitrogens with two attached hydrogens (primary N) is 1. The monoisotopic (exact) mass is 658 g/mol. The Morgan fingerprint density at radius 1 is 1.06 bits per heavy atom. The Labute approximate surface area is 277 Å². The summed E-state index contributed by atoms with van der Waals surface area (Å²) in [7, 11) is 5.54. The van der Waals surface area contributed by atoms with Crippen molar-refractivity contribution in [2.45, 2.75) is 32.9 Å². The molecule has 0 aliphatic carbocycles. The molecule has 2 heterocycles. The predicted molar refractivity (Wildman–Crippen MR) is 182 cm³/mol. The topological polar surface area (TPSA) is 154 Å². The number of carbonyl (C=O) groups excluding carboxylic acids is 1. The lowest BCUT2D eigenvalue weighted by Gasteiger charge is -2.15. The number of hydrogen-bond acceptors (Lipinski definition) is 8. The number of nitrogens with zero attached hydrogens (tertiary/aromatic N) is 4. The molecule has 0 radical (unpaired) electrons. The third-order valence-corrected chi connectivity index (χ3v) is 7.31. The molecule has 3 aromatic carbocycles. The number of carbonyl (C=O) groups is 2. The van der Waals surface area contributed by atoms with Gasteiger partial charge in [0.2, 0.25) is 0 Å². The molecule has 1 atom stereocenters. The Bertz CT molecular complexity index is 1960. The minimum Gasteiger partial charge on any atom is -0.497 e. The number of fused-ring (bicyclic) bond motifs is 1. The molecule has 5 rings (SSSR count). The van der Waals surface area contributed by atoms with E-state index >= 15 is 4.39 Å². The highest BCUT2D eigenvalue weighted by Crippen LogP contribution is 2.33. The highest BCUT2D eigenvalue weighted by molar-refractivity contribution is 6.05. The lowest BCUT2D eigenvalue weighted by molar-refractivity contribution is -0.138. The molecule has 13 heteroatoms. The molecule has 48 heavy (non-hydrogen) atoms. The number of anilines is 1. The fourth-order valence-electron chi connectivity index (χ4n) is 4.83. The van der Waals surface area contributed by atoms with E-state index in [1.165, 1.54) is 29.8 Å². The van der Waals surface area contributed by atoms with E-state index in [-0.39, 0.29) is 17.0 Å². The van der Waals surface area contributed by atoms with E-state index in [2.05, 4.69) is 15.2 Å². The first-order valence-corrected chi connectivity index (χ1v) is 15.1. The van der Waals surface area contributed by atoms with Crippen LogP contribution < -0.4 is 26.1 Å². The Hall–Kier alpha value is -5.53. The van der Waals surface area contributed by atoms with Crippen molar-refractivity contribution in [1.82, 2.24) is 19.2 Å². The van der Waals surface area contributed by atoms with Crippen LogP contribution in [0, 0.1) is 12.7 Å². The lowest BCUT2D eigenvalue weighted by atomic mass is 10.2. The Kier molecular flexibility index (Phi) is 11.7. The summed E-state index contributed by atoms with van der Waals surface area (Å²) in [5.74, 6) is -1.21. The van der Waals surface area contributed by atoms with Crippen LogP contribution in [0.3, 0.4) is 0 Å². The number of rotatable bonds is 11. The van der Waals surface area contributed by atoms with Crippen LogP contribution in [0.4, 0.5) is 10.1 Å². The van der Waals surface area contributed by atoms with Crippen molar-refractivity contribution in [1.29, 1.82) is 0 Å². The number of amides is 1. The first-order valence-electron chi connectivity index (χ1n) is 15.1. The maximum Gasteiger partial charge on any atom is 0.320 e. The minimum atomic E-state index is -0.963. The number of nitrogens with one attached hydrogen (secondary N) is 1. The molecule has 0 fully saturated rings. The Morgan fingerprint density at radius 2 is 1.77 bits per heavy atom. The molecule has 0 saturated heterocycles. The molecule has 4 N–H and O–H groups in total. The number of hydrogen-bond donors (Lipinski definition) is 3. The van der Waals surface area contributed by atoms with Crippen LogP contribution in [0.1, 0.15) is 29.4 Å². The summed E-state index contributed by atoms with van der Waals surface area (Å²) in [6.07, 6.45) is 2.35. The van der Waals surface area contributed by atoms with Gasteiger partial charge in [0.15, 0.2) is 11.6 Å². The zero-order valence-electron chi connectivity index (χ0n) is 27.4. The standard InChI is InChI=1S/C32H32FN5O4.C3H7NO2/c1-21-30(32(40)38(23-9-6-5-7-10-23)37(21)18-8-17-36(2)3)31(39)35-22-11-14-29(26(33)19-22)42-28-15-16-34-27-20-24(41-4)12-13-25(27)28;1-2(4)3(5)6/h5-7,9-16,19-20H,8,17-18H2,1-4H3,(H,35,39);2H,4H2,1H3,(H,5,6). The number of benzene rings is 3. The van der Waals surface area contributed by atoms with Crippen molar-refractivity contribution < 1.29 is 28.6 Å². The fourth-order valence-corrected chi connectivity index (χ4v) is 4.83. The van der Waals surface area contributed by atoms with Gasteiger partial charge < -0.3 is 30.5 Å². The first-order chi connectivity index (χ1) is 22.9. The van der Waals surface area contributed by atoms with Crippen LogP contribution in [-0.4, -0.2) is 70.0 Å². The van der Waals surface area contributed by atoms with Gasteiger partial charge in [-0.15, -0.1) is 0 Å². The van der Waals surface area contributed by atoms with E-state index in [1.54, 1.807) is 44.5 Å². The van der Waals surface area contributed by atoms with Crippen LogP contribution in [0.25, 0.3) is 16.6 Å². The molecule has 0 saturated carbocycles. The van der Waals surface area contributed by atoms with E-state index in [4.69, 9.17) is 20.3 Å². The maximum atomic E-state index is 15.2. The first kappa shape index (κ1) is 35.3. The summed E-state index contributed by atoms with van der Waals surface area (Å²) < 4.78 is 29.6. The number of aromatic nitrogens is 3. The van der Waals surface area contributed by atoms with Crippen molar-refractivity contribution in [3.05, 3.63) is 106 Å². The van der Waals surface area contributed by atoms with E-state index in [9.17, 15) is 14.4 Å². The average Bonchev–Trinajstić information content (AvgIpc) is 3.31. The highest BCUT2D eigenvalue weighted by Gasteiger charge is 2.24. The molecule has 5 aromatic rings. The number of pyridine rings is 1. The van der Waals surface area contributed by atoms with Crippen molar-refractivity contribution in [3.63, 3.8) is 0 Å². The lowest BCUT2D eigenvalue weighted by Crippen LogP contribution is -2.26. The molecule has 0 spiro atoms. The third kappa shape index (κ3) is 8.43. The van der Waals surface area contributed by atoms with E-state index in [0.717, 1.165) is 13.0 Å². The quantitative estimate of drug-likeness (QED) is 0.177. The van der Waals surface area contributed by atoms with Gasteiger partial charge in [-0.05, 0) is 83.4 Å². The second-order valence-electron chi connectivity index (χ2n) is 11.2. The van der Waals surface area contributed by atoms with Gasteiger partial charge >= 0.3 is 5.97 Å². The van der Waals surface area contributed by atoms with Crippen molar-refractivity contribution in [2.75, 3.05) is 33.1 Å². The van der Waals surface area contributed by atoms with Crippen molar-refractivity contribution in [3.8, 4) is 22.9 Å². The molecule has 1 amide bonds. The number of carboxylic acids is 1. The molecule has 252 valence electrons. The summed E-state index contributed by atoms with van der Waals surface area (Å²) in [5.41, 5.74) is 6.42. The summed E-state index contributed by atoms with van der Waals surface area (Å²) in [5, 5.41) is 11.2. The van der Waals surface area contributed by atoms with Gasteiger partial charge in [-0.1, -0.05) is 18.2 Å². The van der Waals surface area contributed by atoms with Gasteiger partial charge in [-0.25, -0.2) is 9.07 Å². The van der Waals surface area contributed by atoms with Gasteiger partial charge in [0.1, 0.15) is 23.1 Å². The largest absolute Gasteiger partial charge is 0.497 e. The maximum absolute atomic E-state index is 15.2. The van der Waals surface area contributed by atoms with E-state index in [1.807, 2.05) is 49.1 Å². The van der Waals surface area contributed by atoms with Crippen LogP contribution in [0.15, 0.2) is 83.8 Å². The smallest absolute Gasteiger partial charge is 0.320 e. The summed E-state index contributed by atoms with van der Waals surface area (Å²) in [4.78, 5) is 42.9. The van der Waals surface area contributed by atoms with E-state index < -0.39 is 29.3 Å². The normalized spacial score (nSPS) is 11.5. The molecule has 2 aromatic heterocycles. The summed E-state index contributed by atoms with van der Waals surface area (Å²) in [6.45, 7) is 4.53. The van der Waals surface area contributed by atoms with Crippen LogP contribution in [-0.2, 0) is 11.3 Å². The predicted octanol–water partition coefficient (Wildman–Crippen LogP) is 5.06. The average molecular weight is 659 g/mol. The minimum absolute atomic E-state index is 0.00289. The Morgan fingerprint density at radius 3 is 2.40 bits per heavy atom. The molecule has 1 unspecified atom stereocenters.